The Bertz CT molecular complexity index is 713. The first-order valence-corrected chi connectivity index (χ1v) is 10.2. The molecule has 5 heteroatoms. The molecule has 0 heterocycles. The summed E-state index contributed by atoms with van der Waals surface area (Å²) >= 11 is 4.14. The lowest BCUT2D eigenvalue weighted by Crippen LogP contribution is -2.58. The summed E-state index contributed by atoms with van der Waals surface area (Å²) in [6.45, 7) is 4.13. The quantitative estimate of drug-likeness (QED) is 0.648. The van der Waals surface area contributed by atoms with Crippen LogP contribution in [0.15, 0.2) is 23.8 Å². The number of aliphatic hydroxyl groups is 2. The first kappa shape index (κ1) is 18.5. The molecule has 0 amide bonds. The van der Waals surface area contributed by atoms with E-state index in [1.807, 2.05) is 6.08 Å². The number of ketones is 1. The zero-order chi connectivity index (χ0) is 18.9. The minimum Gasteiger partial charge on any atom is -0.396 e. The maximum Gasteiger partial charge on any atom is 0.189 e. The summed E-state index contributed by atoms with van der Waals surface area (Å²) in [5.41, 5.74) is 0.240. The van der Waals surface area contributed by atoms with Crippen LogP contribution in [0.2, 0.25) is 0 Å². The van der Waals surface area contributed by atoms with Crippen molar-refractivity contribution in [3.8, 4) is 0 Å². The van der Waals surface area contributed by atoms with Crippen LogP contribution in [0.4, 0.5) is 0 Å². The molecule has 0 aliphatic heterocycles. The maximum absolute atomic E-state index is 12.3. The average molecular weight is 377 g/mol. The SMILES string of the molecule is C[C@@H]1C[C@H]2[C@@H]3CCC4=CC(=O)C=C[C@]4(C)[C@H]3[C@@H](O)C[C@]2(CO)[C@H]1C(=O)S. The van der Waals surface area contributed by atoms with Gasteiger partial charge >= 0.3 is 0 Å². The van der Waals surface area contributed by atoms with Crippen molar-refractivity contribution in [2.45, 2.75) is 45.6 Å². The molecule has 0 bridgehead atoms. The van der Waals surface area contributed by atoms with E-state index in [0.29, 0.717) is 6.42 Å². The zero-order valence-corrected chi connectivity index (χ0v) is 16.3. The Kier molecular flexibility index (Phi) is 4.29. The Morgan fingerprint density at radius 1 is 1.42 bits per heavy atom. The van der Waals surface area contributed by atoms with Crippen LogP contribution in [0.3, 0.4) is 0 Å². The molecular formula is C21H28O4S. The number of rotatable bonds is 2. The molecule has 142 valence electrons. The van der Waals surface area contributed by atoms with Crippen molar-refractivity contribution in [1.82, 2.24) is 0 Å². The summed E-state index contributed by atoms with van der Waals surface area (Å²) in [4.78, 5) is 24.1. The van der Waals surface area contributed by atoms with Gasteiger partial charge < -0.3 is 10.2 Å². The predicted molar refractivity (Wildman–Crippen MR) is 101 cm³/mol. The van der Waals surface area contributed by atoms with Gasteiger partial charge in [0.15, 0.2) is 10.9 Å². The number of allylic oxidation sites excluding steroid dienone is 4. The summed E-state index contributed by atoms with van der Waals surface area (Å²) in [6, 6.07) is 0. The van der Waals surface area contributed by atoms with Gasteiger partial charge in [-0.1, -0.05) is 25.5 Å². The van der Waals surface area contributed by atoms with E-state index in [4.69, 9.17) is 0 Å². The van der Waals surface area contributed by atoms with Crippen molar-refractivity contribution in [3.05, 3.63) is 23.8 Å². The van der Waals surface area contributed by atoms with E-state index in [-0.39, 0.29) is 52.5 Å². The highest BCUT2D eigenvalue weighted by Crippen LogP contribution is 2.67. The van der Waals surface area contributed by atoms with Crippen LogP contribution in [0, 0.1) is 40.4 Å². The Hall–Kier alpha value is -0.910. The summed E-state index contributed by atoms with van der Waals surface area (Å²) in [5.74, 6) is 0.368. The van der Waals surface area contributed by atoms with Gasteiger partial charge in [0.2, 0.25) is 0 Å². The Labute approximate surface area is 160 Å². The third-order valence-electron chi connectivity index (χ3n) is 8.14. The fourth-order valence-electron chi connectivity index (χ4n) is 7.22. The smallest absolute Gasteiger partial charge is 0.189 e. The van der Waals surface area contributed by atoms with E-state index in [9.17, 15) is 19.8 Å². The third-order valence-corrected chi connectivity index (χ3v) is 8.41. The number of hydrogen-bond donors (Lipinski definition) is 3. The molecule has 0 aromatic carbocycles. The summed E-state index contributed by atoms with van der Waals surface area (Å²) in [7, 11) is 0. The molecule has 0 unspecified atom stereocenters. The fourth-order valence-corrected chi connectivity index (χ4v) is 7.73. The van der Waals surface area contributed by atoms with Crippen molar-refractivity contribution in [1.29, 1.82) is 0 Å². The van der Waals surface area contributed by atoms with Crippen LogP contribution in [0.25, 0.3) is 0 Å². The Balaban J connectivity index is 1.78. The van der Waals surface area contributed by atoms with E-state index in [2.05, 4.69) is 26.5 Å². The fraction of sp³-hybridized carbons (Fsp3) is 0.714. The standard InChI is InChI=1S/C21H28O4S/c1-11-7-15-14-4-3-12-8-13(23)5-6-20(12,2)18(14)16(24)9-21(15,10-22)17(11)19(25)26/h5-6,8,11,14-18,22,24H,3-4,7,9-10H2,1-2H3,(H,25,26)/t11-,14+,15+,16+,17-,18-,20+,21-/m1/s1. The Morgan fingerprint density at radius 2 is 2.15 bits per heavy atom. The maximum atomic E-state index is 12.3. The van der Waals surface area contributed by atoms with Gasteiger partial charge in [-0.25, -0.2) is 0 Å². The molecule has 0 saturated heterocycles. The van der Waals surface area contributed by atoms with Crippen molar-refractivity contribution >= 4 is 23.5 Å². The van der Waals surface area contributed by atoms with Gasteiger partial charge in [0.25, 0.3) is 0 Å². The van der Waals surface area contributed by atoms with Crippen LogP contribution in [0.1, 0.15) is 39.5 Å². The molecule has 3 fully saturated rings. The van der Waals surface area contributed by atoms with E-state index in [1.165, 1.54) is 0 Å². The predicted octanol–water partition coefficient (Wildman–Crippen LogP) is 2.56. The molecule has 4 nitrogen and oxygen atoms in total. The number of carbonyl (C=O) groups is 2. The summed E-state index contributed by atoms with van der Waals surface area (Å²) in [5, 5.41) is 21.4. The largest absolute Gasteiger partial charge is 0.396 e. The molecule has 8 atom stereocenters. The number of carbonyl (C=O) groups excluding carboxylic acids is 2. The van der Waals surface area contributed by atoms with Crippen LogP contribution in [-0.2, 0) is 9.59 Å². The molecule has 0 spiro atoms. The Morgan fingerprint density at radius 3 is 2.81 bits per heavy atom. The van der Waals surface area contributed by atoms with Gasteiger partial charge in [0, 0.05) is 29.3 Å². The monoisotopic (exact) mass is 376 g/mol. The first-order chi connectivity index (χ1) is 12.2. The lowest BCUT2D eigenvalue weighted by molar-refractivity contribution is -0.147. The van der Waals surface area contributed by atoms with Gasteiger partial charge in [-0.2, -0.15) is 0 Å². The number of thiol groups is 1. The molecule has 0 aromatic rings. The molecule has 0 radical (unpaired) electrons. The average Bonchev–Trinajstić information content (AvgIpc) is 2.87. The second-order valence-electron chi connectivity index (χ2n) is 9.21. The van der Waals surface area contributed by atoms with Crippen molar-refractivity contribution in [3.63, 3.8) is 0 Å². The molecule has 4 rings (SSSR count). The zero-order valence-electron chi connectivity index (χ0n) is 15.4. The molecule has 4 aliphatic rings. The van der Waals surface area contributed by atoms with Gasteiger partial charge in [0.05, 0.1) is 6.10 Å². The summed E-state index contributed by atoms with van der Waals surface area (Å²) < 4.78 is 0. The van der Waals surface area contributed by atoms with Gasteiger partial charge in [-0.05, 0) is 55.6 Å². The van der Waals surface area contributed by atoms with E-state index >= 15 is 0 Å². The normalized spacial score (nSPS) is 49.9. The highest BCUT2D eigenvalue weighted by Gasteiger charge is 2.65. The molecular weight excluding hydrogens is 348 g/mol. The molecule has 2 N–H and O–H groups in total. The minimum absolute atomic E-state index is 0.0255. The van der Waals surface area contributed by atoms with Gasteiger partial charge in [0.1, 0.15) is 0 Å². The lowest BCUT2D eigenvalue weighted by Gasteiger charge is -2.59. The number of aliphatic hydroxyl groups excluding tert-OH is 2. The van der Waals surface area contributed by atoms with Crippen molar-refractivity contribution in [2.24, 2.45) is 40.4 Å². The van der Waals surface area contributed by atoms with Crippen LogP contribution in [0.5, 0.6) is 0 Å². The van der Waals surface area contributed by atoms with Crippen molar-refractivity contribution < 1.29 is 19.8 Å². The van der Waals surface area contributed by atoms with Crippen molar-refractivity contribution in [2.75, 3.05) is 6.61 Å². The molecule has 3 saturated carbocycles. The second-order valence-corrected chi connectivity index (χ2v) is 9.66. The molecule has 0 aromatic heterocycles. The summed E-state index contributed by atoms with van der Waals surface area (Å²) in [6.07, 6.45) is 7.82. The van der Waals surface area contributed by atoms with E-state index in [1.54, 1.807) is 12.2 Å². The third kappa shape index (κ3) is 2.29. The lowest BCUT2D eigenvalue weighted by atomic mass is 9.46. The van der Waals surface area contributed by atoms with Gasteiger partial charge in [-0.15, -0.1) is 12.6 Å². The first-order valence-electron chi connectivity index (χ1n) is 9.70. The van der Waals surface area contributed by atoms with E-state index < -0.39 is 11.5 Å². The molecule has 4 aliphatic carbocycles. The minimum atomic E-state index is -0.601. The molecule has 26 heavy (non-hydrogen) atoms. The second kappa shape index (κ2) is 6.05. The van der Waals surface area contributed by atoms with Crippen LogP contribution in [-0.4, -0.2) is 33.8 Å². The topological polar surface area (TPSA) is 74.6 Å². The number of hydrogen-bond acceptors (Lipinski definition) is 4. The van der Waals surface area contributed by atoms with E-state index in [0.717, 1.165) is 24.8 Å². The van der Waals surface area contributed by atoms with Gasteiger partial charge in [-0.3, -0.25) is 9.59 Å². The van der Waals surface area contributed by atoms with Crippen LogP contribution >= 0.6 is 12.6 Å². The highest BCUT2D eigenvalue weighted by molar-refractivity contribution is 7.96. The number of fused-ring (bicyclic) bond motifs is 5. The van der Waals surface area contributed by atoms with Crippen LogP contribution < -0.4 is 0 Å². The highest BCUT2D eigenvalue weighted by atomic mass is 32.1.